The Morgan fingerprint density at radius 2 is 1.68 bits per heavy atom. The number of hydrogen-bond acceptors (Lipinski definition) is 6. The molecule has 5 rings (SSSR count). The summed E-state index contributed by atoms with van der Waals surface area (Å²) in [4.78, 5) is 42.0. The third-order valence-electron chi connectivity index (χ3n) is 7.69. The zero-order chi connectivity index (χ0) is 26.5. The Labute approximate surface area is 224 Å². The second kappa shape index (κ2) is 11.7. The Morgan fingerprint density at radius 3 is 2.37 bits per heavy atom. The molecule has 2 aliphatic heterocycles. The maximum Gasteiger partial charge on any atom is 0.259 e. The minimum atomic E-state index is -0.0446. The van der Waals surface area contributed by atoms with Crippen LogP contribution in [0, 0.1) is 12.8 Å². The molecule has 2 saturated heterocycles. The first-order chi connectivity index (χ1) is 18.5. The van der Waals surface area contributed by atoms with Crippen molar-refractivity contribution in [3.8, 4) is 0 Å². The van der Waals surface area contributed by atoms with Crippen LogP contribution in [0.5, 0.6) is 0 Å². The highest BCUT2D eigenvalue weighted by Gasteiger charge is 2.35. The molecule has 0 radical (unpaired) electrons. The predicted octanol–water partition coefficient (Wildman–Crippen LogP) is 3.92. The number of rotatable bonds is 6. The van der Waals surface area contributed by atoms with Crippen molar-refractivity contribution in [2.75, 3.05) is 36.8 Å². The lowest BCUT2D eigenvalue weighted by molar-refractivity contribution is -0.138. The van der Waals surface area contributed by atoms with Crippen LogP contribution in [0.3, 0.4) is 0 Å². The molecule has 8 heteroatoms. The summed E-state index contributed by atoms with van der Waals surface area (Å²) in [7, 11) is 0. The van der Waals surface area contributed by atoms with Crippen LogP contribution in [0.15, 0.2) is 66.9 Å². The highest BCUT2D eigenvalue weighted by Crippen LogP contribution is 2.27. The summed E-state index contributed by atoms with van der Waals surface area (Å²) in [6.07, 6.45) is 4.95. The standard InChI is InChI=1S/C30H36N6O2/c1-22-6-5-9-28(33-22)36(30(38)24-7-3-2-4-8-24)26-13-18-35(19-14-26)29(37)25-11-16-34(17-12-25)21-23-10-15-32-27(31)20-23/h2-10,15,20,25-26H,11-14,16-19,21H2,1H3,(H2,31,32). The largest absolute Gasteiger partial charge is 0.384 e. The summed E-state index contributed by atoms with van der Waals surface area (Å²) < 4.78 is 0. The molecule has 0 spiro atoms. The number of piperidine rings is 2. The normalized spacial score (nSPS) is 17.3. The van der Waals surface area contributed by atoms with Crippen molar-refractivity contribution in [1.29, 1.82) is 0 Å². The Morgan fingerprint density at radius 1 is 0.947 bits per heavy atom. The zero-order valence-electron chi connectivity index (χ0n) is 22.0. The lowest BCUT2D eigenvalue weighted by Gasteiger charge is -2.40. The van der Waals surface area contributed by atoms with Crippen molar-refractivity contribution in [3.05, 3.63) is 83.7 Å². The number of benzene rings is 1. The second-order valence-corrected chi connectivity index (χ2v) is 10.4. The van der Waals surface area contributed by atoms with E-state index < -0.39 is 0 Å². The fourth-order valence-corrected chi connectivity index (χ4v) is 5.63. The van der Waals surface area contributed by atoms with Crippen LogP contribution in [0.25, 0.3) is 0 Å². The van der Waals surface area contributed by atoms with E-state index in [9.17, 15) is 9.59 Å². The number of nitrogen functional groups attached to an aromatic ring is 1. The van der Waals surface area contributed by atoms with E-state index in [0.29, 0.717) is 30.3 Å². The lowest BCUT2D eigenvalue weighted by atomic mass is 9.93. The quantitative estimate of drug-likeness (QED) is 0.538. The fraction of sp³-hybridized carbons (Fsp3) is 0.400. The SMILES string of the molecule is Cc1cccc(N(C(=O)c2ccccc2)C2CCN(C(=O)C3CCN(Cc4ccnc(N)c4)CC3)CC2)n1. The molecule has 2 amide bonds. The van der Waals surface area contributed by atoms with E-state index in [0.717, 1.165) is 56.6 Å². The van der Waals surface area contributed by atoms with E-state index in [-0.39, 0.29) is 23.8 Å². The smallest absolute Gasteiger partial charge is 0.259 e. The Balaban J connectivity index is 1.19. The number of nitrogens with two attached hydrogens (primary N) is 1. The Hall–Kier alpha value is -3.78. The second-order valence-electron chi connectivity index (χ2n) is 10.4. The van der Waals surface area contributed by atoms with Gasteiger partial charge in [0.05, 0.1) is 0 Å². The van der Waals surface area contributed by atoms with Crippen LogP contribution in [0.4, 0.5) is 11.6 Å². The van der Waals surface area contributed by atoms with Crippen molar-refractivity contribution in [1.82, 2.24) is 19.8 Å². The molecule has 0 bridgehead atoms. The molecule has 2 N–H and O–H groups in total. The summed E-state index contributed by atoms with van der Waals surface area (Å²) in [5, 5.41) is 0. The van der Waals surface area contributed by atoms with Gasteiger partial charge in [0.25, 0.3) is 5.91 Å². The number of nitrogens with zero attached hydrogens (tertiary/aromatic N) is 5. The maximum atomic E-state index is 13.6. The number of aryl methyl sites for hydroxylation is 1. The molecule has 198 valence electrons. The highest BCUT2D eigenvalue weighted by atomic mass is 16.2. The van der Waals surface area contributed by atoms with Gasteiger partial charge in [0.15, 0.2) is 0 Å². The molecule has 8 nitrogen and oxygen atoms in total. The first-order valence-electron chi connectivity index (χ1n) is 13.5. The summed E-state index contributed by atoms with van der Waals surface area (Å²) in [5.41, 5.74) is 8.50. The predicted molar refractivity (Wildman–Crippen MR) is 148 cm³/mol. The van der Waals surface area contributed by atoms with E-state index in [2.05, 4.69) is 14.9 Å². The number of hydrogen-bond donors (Lipinski definition) is 1. The molecule has 4 heterocycles. The summed E-state index contributed by atoms with van der Waals surface area (Å²) in [5.74, 6) is 1.48. The van der Waals surface area contributed by atoms with E-state index in [1.54, 1.807) is 6.20 Å². The van der Waals surface area contributed by atoms with Gasteiger partial charge in [-0.3, -0.25) is 19.4 Å². The van der Waals surface area contributed by atoms with Crippen molar-refractivity contribution < 1.29 is 9.59 Å². The topological polar surface area (TPSA) is 95.7 Å². The number of anilines is 2. The van der Waals surface area contributed by atoms with E-state index in [1.165, 1.54) is 0 Å². The van der Waals surface area contributed by atoms with Gasteiger partial charge in [-0.15, -0.1) is 0 Å². The lowest BCUT2D eigenvalue weighted by Crippen LogP contribution is -2.51. The van der Waals surface area contributed by atoms with Gasteiger partial charge >= 0.3 is 0 Å². The number of carbonyl (C=O) groups is 2. The van der Waals surface area contributed by atoms with Crippen molar-refractivity contribution >= 4 is 23.5 Å². The van der Waals surface area contributed by atoms with Crippen LogP contribution in [0.2, 0.25) is 0 Å². The first-order valence-corrected chi connectivity index (χ1v) is 13.5. The zero-order valence-corrected chi connectivity index (χ0v) is 22.0. The van der Waals surface area contributed by atoms with Crippen LogP contribution in [-0.2, 0) is 11.3 Å². The molecule has 2 aromatic heterocycles. The summed E-state index contributed by atoms with van der Waals surface area (Å²) in [6, 6.07) is 19.1. The molecule has 0 unspecified atom stereocenters. The minimum Gasteiger partial charge on any atom is -0.384 e. The third-order valence-corrected chi connectivity index (χ3v) is 7.69. The molecule has 0 atom stereocenters. The van der Waals surface area contributed by atoms with Gasteiger partial charge in [-0.1, -0.05) is 24.3 Å². The number of pyridine rings is 2. The van der Waals surface area contributed by atoms with Gasteiger partial charge in [-0.05, 0) is 87.7 Å². The fourth-order valence-electron chi connectivity index (χ4n) is 5.63. The molecule has 1 aromatic carbocycles. The van der Waals surface area contributed by atoms with E-state index in [1.807, 2.05) is 77.4 Å². The number of likely N-dealkylation sites (tertiary alicyclic amines) is 2. The van der Waals surface area contributed by atoms with Crippen molar-refractivity contribution in [3.63, 3.8) is 0 Å². The van der Waals surface area contributed by atoms with Crippen LogP contribution in [0.1, 0.15) is 47.3 Å². The molecule has 0 aliphatic carbocycles. The van der Waals surface area contributed by atoms with Gasteiger partial charge in [-0.2, -0.15) is 0 Å². The van der Waals surface area contributed by atoms with Gasteiger partial charge in [0.1, 0.15) is 11.6 Å². The van der Waals surface area contributed by atoms with Gasteiger partial charge in [0.2, 0.25) is 5.91 Å². The average molecular weight is 513 g/mol. The van der Waals surface area contributed by atoms with Crippen molar-refractivity contribution in [2.24, 2.45) is 5.92 Å². The molecule has 2 fully saturated rings. The number of carbonyl (C=O) groups excluding carboxylic acids is 2. The van der Waals surface area contributed by atoms with E-state index >= 15 is 0 Å². The monoisotopic (exact) mass is 512 g/mol. The summed E-state index contributed by atoms with van der Waals surface area (Å²) in [6.45, 7) is 5.88. The van der Waals surface area contributed by atoms with Crippen molar-refractivity contribution in [2.45, 2.75) is 45.2 Å². The first kappa shape index (κ1) is 25.9. The minimum absolute atomic E-state index is 0.00398. The maximum absolute atomic E-state index is 13.6. The molecule has 3 aromatic rings. The highest BCUT2D eigenvalue weighted by molar-refractivity contribution is 6.06. The van der Waals surface area contributed by atoms with Crippen LogP contribution >= 0.6 is 0 Å². The molecule has 0 saturated carbocycles. The van der Waals surface area contributed by atoms with Gasteiger partial charge in [-0.25, -0.2) is 9.97 Å². The van der Waals surface area contributed by atoms with Gasteiger partial charge < -0.3 is 10.6 Å². The number of amides is 2. The Kier molecular flexibility index (Phi) is 7.98. The molecular formula is C30H36N6O2. The molecular weight excluding hydrogens is 476 g/mol. The average Bonchev–Trinajstić information content (AvgIpc) is 2.94. The van der Waals surface area contributed by atoms with Crippen LogP contribution < -0.4 is 10.6 Å². The summed E-state index contributed by atoms with van der Waals surface area (Å²) >= 11 is 0. The van der Waals surface area contributed by atoms with Crippen LogP contribution in [-0.4, -0.2) is 63.8 Å². The molecule has 38 heavy (non-hydrogen) atoms. The van der Waals surface area contributed by atoms with Gasteiger partial charge in [0, 0.05) is 49.0 Å². The Bertz CT molecular complexity index is 1250. The van der Waals surface area contributed by atoms with E-state index in [4.69, 9.17) is 5.73 Å². The molecule has 2 aliphatic rings. The third kappa shape index (κ3) is 6.02. The number of aromatic nitrogens is 2.